The maximum Gasteiger partial charge on any atom is 0.332 e. The molecule has 1 aliphatic carbocycles. The van der Waals surface area contributed by atoms with Gasteiger partial charge >= 0.3 is 5.69 Å². The number of rotatable bonds is 5. The van der Waals surface area contributed by atoms with Crippen molar-refractivity contribution < 1.29 is 0 Å². The maximum atomic E-state index is 12.5. The molecule has 1 fully saturated rings. The lowest BCUT2D eigenvalue weighted by Crippen LogP contribution is -2.37. The number of hydrogen-bond acceptors (Lipinski definition) is 3. The van der Waals surface area contributed by atoms with Crippen molar-refractivity contribution in [2.24, 2.45) is 25.9 Å². The Labute approximate surface area is 151 Å². The molecule has 6 heteroatoms. The SMILES string of the molecule is Cc1ccc(CCC2CC2Cn2cnc3c2c(=O)n(C)c(=O)n3C)cc1. The molecule has 136 valence electrons. The zero-order valence-electron chi connectivity index (χ0n) is 15.5. The molecule has 2 unspecified atom stereocenters. The molecule has 26 heavy (non-hydrogen) atoms. The molecule has 6 nitrogen and oxygen atoms in total. The van der Waals surface area contributed by atoms with Crippen molar-refractivity contribution in [2.75, 3.05) is 0 Å². The van der Waals surface area contributed by atoms with Crippen LogP contribution in [0.15, 0.2) is 40.2 Å². The third-order valence-electron chi connectivity index (χ3n) is 5.64. The number of fused-ring (bicyclic) bond motifs is 1. The number of nitrogens with zero attached hydrogens (tertiary/aromatic N) is 4. The van der Waals surface area contributed by atoms with E-state index in [1.807, 2.05) is 4.57 Å². The number of aromatic nitrogens is 4. The Balaban J connectivity index is 1.47. The Bertz CT molecular complexity index is 1070. The minimum absolute atomic E-state index is 0.266. The standard InChI is InChI=1S/C20H24N4O2/c1-13-4-6-14(7-5-13)8-9-15-10-16(15)11-24-12-21-18-17(24)19(25)23(3)20(26)22(18)2/h4-7,12,15-16H,8-11H2,1-3H3. The molecule has 3 aromatic rings. The fourth-order valence-corrected chi connectivity index (χ4v) is 3.78. The van der Waals surface area contributed by atoms with Crippen LogP contribution in [0.1, 0.15) is 24.0 Å². The molecule has 0 spiro atoms. The normalized spacial score (nSPS) is 19.2. The maximum absolute atomic E-state index is 12.5. The summed E-state index contributed by atoms with van der Waals surface area (Å²) in [5, 5.41) is 0. The van der Waals surface area contributed by atoms with E-state index in [0.29, 0.717) is 23.0 Å². The number of benzene rings is 1. The number of aryl methyl sites for hydroxylation is 3. The van der Waals surface area contributed by atoms with E-state index in [4.69, 9.17) is 0 Å². The van der Waals surface area contributed by atoms with Gasteiger partial charge in [0.1, 0.15) is 0 Å². The van der Waals surface area contributed by atoms with Crippen LogP contribution in [0.25, 0.3) is 11.2 Å². The van der Waals surface area contributed by atoms with Gasteiger partial charge in [-0.05, 0) is 43.6 Å². The first-order chi connectivity index (χ1) is 12.5. The summed E-state index contributed by atoms with van der Waals surface area (Å²) in [5.41, 5.74) is 3.07. The van der Waals surface area contributed by atoms with Crippen LogP contribution in [0.5, 0.6) is 0 Å². The summed E-state index contributed by atoms with van der Waals surface area (Å²) in [6.45, 7) is 2.90. The van der Waals surface area contributed by atoms with Gasteiger partial charge in [-0.1, -0.05) is 29.8 Å². The predicted octanol–water partition coefficient (Wildman–Crippen LogP) is 2.01. The molecule has 2 heterocycles. The first-order valence-corrected chi connectivity index (χ1v) is 9.12. The van der Waals surface area contributed by atoms with Gasteiger partial charge in [0.2, 0.25) is 0 Å². The highest BCUT2D eigenvalue weighted by atomic mass is 16.2. The molecule has 0 N–H and O–H groups in total. The van der Waals surface area contributed by atoms with Crippen LogP contribution in [0, 0.1) is 18.8 Å². The molecule has 2 atom stereocenters. The summed E-state index contributed by atoms with van der Waals surface area (Å²) < 4.78 is 4.52. The van der Waals surface area contributed by atoms with Gasteiger partial charge in [-0.3, -0.25) is 13.9 Å². The third kappa shape index (κ3) is 2.89. The minimum atomic E-state index is -0.338. The van der Waals surface area contributed by atoms with Crippen molar-refractivity contribution in [3.63, 3.8) is 0 Å². The highest BCUT2D eigenvalue weighted by Crippen LogP contribution is 2.43. The first-order valence-electron chi connectivity index (χ1n) is 9.12. The van der Waals surface area contributed by atoms with Gasteiger partial charge in [0, 0.05) is 20.6 Å². The number of hydrogen-bond donors (Lipinski definition) is 0. The van der Waals surface area contributed by atoms with Gasteiger partial charge in [0.05, 0.1) is 6.33 Å². The highest BCUT2D eigenvalue weighted by Gasteiger charge is 2.37. The van der Waals surface area contributed by atoms with Gasteiger partial charge < -0.3 is 4.57 Å². The van der Waals surface area contributed by atoms with Crippen molar-refractivity contribution in [1.29, 1.82) is 0 Å². The van der Waals surface area contributed by atoms with Crippen molar-refractivity contribution in [1.82, 2.24) is 18.7 Å². The second kappa shape index (κ2) is 6.27. The van der Waals surface area contributed by atoms with Crippen molar-refractivity contribution in [3.8, 4) is 0 Å². The highest BCUT2D eigenvalue weighted by molar-refractivity contribution is 5.69. The molecule has 0 amide bonds. The Hall–Kier alpha value is -2.63. The van der Waals surface area contributed by atoms with Crippen LogP contribution in [0.3, 0.4) is 0 Å². The lowest BCUT2D eigenvalue weighted by atomic mass is 10.1. The Kier molecular flexibility index (Phi) is 4.05. The molecular weight excluding hydrogens is 328 g/mol. The molecule has 0 aliphatic heterocycles. The molecular formula is C20H24N4O2. The van der Waals surface area contributed by atoms with Gasteiger partial charge in [0.25, 0.3) is 5.56 Å². The topological polar surface area (TPSA) is 61.8 Å². The van der Waals surface area contributed by atoms with Gasteiger partial charge in [-0.25, -0.2) is 9.78 Å². The van der Waals surface area contributed by atoms with Gasteiger partial charge in [0.15, 0.2) is 11.2 Å². The van der Waals surface area contributed by atoms with E-state index >= 15 is 0 Å². The fourth-order valence-electron chi connectivity index (χ4n) is 3.78. The quantitative estimate of drug-likeness (QED) is 0.706. The zero-order valence-corrected chi connectivity index (χ0v) is 15.5. The van der Waals surface area contributed by atoms with E-state index in [-0.39, 0.29) is 11.2 Å². The van der Waals surface area contributed by atoms with Crippen LogP contribution in [-0.2, 0) is 27.1 Å². The van der Waals surface area contributed by atoms with Crippen LogP contribution in [0.2, 0.25) is 0 Å². The summed E-state index contributed by atoms with van der Waals surface area (Å²) in [6, 6.07) is 8.75. The van der Waals surface area contributed by atoms with Crippen LogP contribution in [0.4, 0.5) is 0 Å². The Morgan fingerprint density at radius 1 is 1.08 bits per heavy atom. The summed E-state index contributed by atoms with van der Waals surface area (Å²) in [6.07, 6.45) is 5.16. The largest absolute Gasteiger partial charge is 0.332 e. The van der Waals surface area contributed by atoms with Crippen LogP contribution >= 0.6 is 0 Å². The lowest BCUT2D eigenvalue weighted by Gasteiger charge is -2.07. The molecule has 4 rings (SSSR count). The van der Waals surface area contributed by atoms with Gasteiger partial charge in [-0.2, -0.15) is 0 Å². The van der Waals surface area contributed by atoms with Crippen LogP contribution in [-0.4, -0.2) is 18.7 Å². The molecule has 1 aromatic carbocycles. The van der Waals surface area contributed by atoms with Crippen molar-refractivity contribution in [2.45, 2.75) is 32.7 Å². The predicted molar refractivity (Wildman–Crippen MR) is 101 cm³/mol. The summed E-state index contributed by atoms with van der Waals surface area (Å²) in [4.78, 5) is 28.8. The molecule has 0 bridgehead atoms. The first kappa shape index (κ1) is 16.8. The molecule has 0 radical (unpaired) electrons. The summed E-state index contributed by atoms with van der Waals surface area (Å²) >= 11 is 0. The van der Waals surface area contributed by atoms with E-state index in [2.05, 4.69) is 36.2 Å². The average Bonchev–Trinajstić information content (AvgIpc) is 3.24. The molecule has 1 aliphatic rings. The third-order valence-corrected chi connectivity index (χ3v) is 5.64. The molecule has 0 saturated heterocycles. The second-order valence-electron chi connectivity index (χ2n) is 7.56. The molecule has 2 aromatic heterocycles. The fraction of sp³-hybridized carbons (Fsp3) is 0.450. The summed E-state index contributed by atoms with van der Waals surface area (Å²) in [5.74, 6) is 1.28. The van der Waals surface area contributed by atoms with E-state index in [9.17, 15) is 9.59 Å². The van der Waals surface area contributed by atoms with E-state index < -0.39 is 0 Å². The lowest BCUT2D eigenvalue weighted by molar-refractivity contribution is 0.564. The monoisotopic (exact) mass is 352 g/mol. The van der Waals surface area contributed by atoms with Crippen molar-refractivity contribution in [3.05, 3.63) is 62.6 Å². The smallest absolute Gasteiger partial charge is 0.324 e. The second-order valence-corrected chi connectivity index (χ2v) is 7.56. The minimum Gasteiger partial charge on any atom is -0.324 e. The van der Waals surface area contributed by atoms with Gasteiger partial charge in [-0.15, -0.1) is 0 Å². The summed E-state index contributed by atoms with van der Waals surface area (Å²) in [7, 11) is 3.17. The Morgan fingerprint density at radius 2 is 1.81 bits per heavy atom. The van der Waals surface area contributed by atoms with E-state index in [1.165, 1.54) is 35.6 Å². The average molecular weight is 352 g/mol. The Morgan fingerprint density at radius 3 is 2.54 bits per heavy atom. The van der Waals surface area contributed by atoms with E-state index in [1.54, 1.807) is 13.4 Å². The molecule has 1 saturated carbocycles. The van der Waals surface area contributed by atoms with Crippen LogP contribution < -0.4 is 11.2 Å². The number of imidazole rings is 1. The van der Waals surface area contributed by atoms with E-state index in [0.717, 1.165) is 17.5 Å². The van der Waals surface area contributed by atoms with Crippen molar-refractivity contribution >= 4 is 11.2 Å². The zero-order chi connectivity index (χ0) is 18.4.